The van der Waals surface area contributed by atoms with Gasteiger partial charge in [0.25, 0.3) is 0 Å². The molecule has 0 unspecified atom stereocenters. The summed E-state index contributed by atoms with van der Waals surface area (Å²) >= 11 is 1.61. The third-order valence-electron chi connectivity index (χ3n) is 6.23. The van der Waals surface area contributed by atoms with Gasteiger partial charge in [0, 0.05) is 49.4 Å². The third kappa shape index (κ3) is 3.76. The van der Waals surface area contributed by atoms with Gasteiger partial charge in [-0.05, 0) is 50.8 Å². The lowest BCUT2D eigenvalue weighted by atomic mass is 9.70. The highest BCUT2D eigenvalue weighted by Crippen LogP contribution is 2.51. The van der Waals surface area contributed by atoms with Gasteiger partial charge in [0.15, 0.2) is 0 Å². The van der Waals surface area contributed by atoms with Crippen LogP contribution in [0.5, 0.6) is 0 Å². The third-order valence-corrected chi connectivity index (χ3v) is 6.86. The zero-order valence-corrected chi connectivity index (χ0v) is 17.4. The zero-order chi connectivity index (χ0) is 19.6. The Morgan fingerprint density at radius 1 is 1.36 bits per heavy atom. The largest absolute Gasteiger partial charge is 0.351 e. The van der Waals surface area contributed by atoms with Gasteiger partial charge >= 0.3 is 0 Å². The number of fused-ring (bicyclic) bond motifs is 2. The average molecular weight is 397 g/mol. The van der Waals surface area contributed by atoms with Crippen LogP contribution in [0.25, 0.3) is 0 Å². The van der Waals surface area contributed by atoms with Crippen LogP contribution in [0.15, 0.2) is 47.1 Å². The van der Waals surface area contributed by atoms with Crippen LogP contribution in [-0.2, 0) is 17.8 Å². The van der Waals surface area contributed by atoms with Gasteiger partial charge in [-0.15, -0.1) is 11.3 Å². The Morgan fingerprint density at radius 2 is 2.18 bits per heavy atom. The molecule has 28 heavy (non-hydrogen) atoms. The van der Waals surface area contributed by atoms with Crippen LogP contribution in [0.3, 0.4) is 0 Å². The van der Waals surface area contributed by atoms with Crippen LogP contribution >= 0.6 is 11.3 Å². The van der Waals surface area contributed by atoms with E-state index in [0.29, 0.717) is 12.6 Å². The molecule has 1 amide bonds. The summed E-state index contributed by atoms with van der Waals surface area (Å²) in [5, 5.41) is 5.32. The number of amides is 1. The van der Waals surface area contributed by atoms with E-state index in [1.165, 1.54) is 12.0 Å². The molecule has 4 heterocycles. The second-order valence-corrected chi connectivity index (χ2v) is 9.00. The topological polar surface area (TPSA) is 58.1 Å². The predicted molar refractivity (Wildman–Crippen MR) is 112 cm³/mol. The van der Waals surface area contributed by atoms with Crippen molar-refractivity contribution < 1.29 is 4.79 Å². The quantitative estimate of drug-likeness (QED) is 0.727. The van der Waals surface area contributed by atoms with Crippen molar-refractivity contribution in [2.45, 2.75) is 58.2 Å². The number of pyridine rings is 1. The normalized spacial score (nSPS) is 26.4. The molecule has 0 aromatic carbocycles. The molecule has 2 aromatic heterocycles. The van der Waals surface area contributed by atoms with Crippen LogP contribution in [-0.4, -0.2) is 39.4 Å². The molecule has 1 N–H and O–H groups in total. The number of carbonyl (C=O) groups excluding carboxylic acids is 1. The number of thiazole rings is 1. The van der Waals surface area contributed by atoms with E-state index in [-0.39, 0.29) is 17.4 Å². The number of nitrogens with zero attached hydrogens (tertiary/aromatic N) is 3. The fraction of sp³-hybridized carbons (Fsp3) is 0.500. The molecule has 2 fully saturated rings. The van der Waals surface area contributed by atoms with E-state index >= 15 is 0 Å². The molecule has 5 nitrogen and oxygen atoms in total. The van der Waals surface area contributed by atoms with Gasteiger partial charge in [-0.25, -0.2) is 4.98 Å². The van der Waals surface area contributed by atoms with E-state index in [1.54, 1.807) is 23.7 Å². The van der Waals surface area contributed by atoms with Crippen molar-refractivity contribution in [3.05, 3.63) is 58.3 Å². The Bertz CT molecular complexity index is 831. The Balaban J connectivity index is 1.57. The zero-order valence-electron chi connectivity index (χ0n) is 16.6. The number of carbonyl (C=O) groups is 1. The predicted octanol–water partition coefficient (Wildman–Crippen LogP) is 3.59. The van der Waals surface area contributed by atoms with Crippen molar-refractivity contribution in [2.75, 3.05) is 6.54 Å². The van der Waals surface area contributed by atoms with Gasteiger partial charge in [-0.1, -0.05) is 11.6 Å². The van der Waals surface area contributed by atoms with E-state index in [9.17, 15) is 4.79 Å². The molecule has 3 atom stereocenters. The van der Waals surface area contributed by atoms with Crippen molar-refractivity contribution in [1.82, 2.24) is 20.2 Å². The minimum absolute atomic E-state index is 0.173. The Hall–Kier alpha value is -2.05. The maximum atomic E-state index is 13.5. The molecule has 6 heteroatoms. The molecule has 0 spiro atoms. The lowest BCUT2D eigenvalue weighted by Gasteiger charge is -2.36. The molecular formula is C22H28N4OS. The van der Waals surface area contributed by atoms with Gasteiger partial charge in [-0.2, -0.15) is 0 Å². The van der Waals surface area contributed by atoms with E-state index in [2.05, 4.69) is 45.5 Å². The molecule has 0 aliphatic carbocycles. The maximum absolute atomic E-state index is 13.5. The summed E-state index contributed by atoms with van der Waals surface area (Å²) in [6.07, 6.45) is 9.76. The summed E-state index contributed by atoms with van der Waals surface area (Å²) < 4.78 is 0. The van der Waals surface area contributed by atoms with Crippen molar-refractivity contribution in [2.24, 2.45) is 5.41 Å². The van der Waals surface area contributed by atoms with Crippen LogP contribution in [0.4, 0.5) is 0 Å². The first-order valence-corrected chi connectivity index (χ1v) is 11.0. The van der Waals surface area contributed by atoms with Crippen molar-refractivity contribution in [1.29, 1.82) is 0 Å². The average Bonchev–Trinajstić information content (AvgIpc) is 3.41. The van der Waals surface area contributed by atoms with E-state index < -0.39 is 0 Å². The summed E-state index contributed by atoms with van der Waals surface area (Å²) in [4.78, 5) is 24.7. The van der Waals surface area contributed by atoms with Crippen molar-refractivity contribution in [3.8, 4) is 0 Å². The number of allylic oxidation sites excluding steroid dienone is 1. The molecule has 4 rings (SSSR count). The van der Waals surface area contributed by atoms with Crippen LogP contribution in [0.1, 0.15) is 44.4 Å². The molecule has 2 bridgehead atoms. The van der Waals surface area contributed by atoms with E-state index in [0.717, 1.165) is 37.1 Å². The molecule has 2 aliphatic heterocycles. The molecule has 2 aliphatic rings. The highest BCUT2D eigenvalue weighted by atomic mass is 32.1. The monoisotopic (exact) mass is 396 g/mol. The number of hydrogen-bond donors (Lipinski definition) is 1. The standard InChI is InChI=1S/C22H28N4OS/c1-16(2)7-10-26-19-3-4-20(26)22(12-19,11-18-14-28-15-25-18)21(27)24-13-17-5-8-23-9-6-17/h5-9,14-15,19-20H,3-4,10-13H2,1-2H3,(H,24,27)/t19-,20+,22+/m1/s1. The van der Waals surface area contributed by atoms with Gasteiger partial charge in [0.05, 0.1) is 16.6 Å². The van der Waals surface area contributed by atoms with Gasteiger partial charge in [0.1, 0.15) is 0 Å². The SMILES string of the molecule is CC(C)=CCN1[C@@H]2CC[C@H]1[C@@](Cc1cscn1)(C(=O)NCc1ccncc1)C2. The lowest BCUT2D eigenvalue weighted by Crippen LogP contribution is -2.50. The summed E-state index contributed by atoms with van der Waals surface area (Å²) in [7, 11) is 0. The first kappa shape index (κ1) is 19.3. The molecule has 0 radical (unpaired) electrons. The number of nitrogens with one attached hydrogen (secondary N) is 1. The fourth-order valence-electron chi connectivity index (χ4n) is 4.89. The van der Waals surface area contributed by atoms with Gasteiger partial charge in [-0.3, -0.25) is 14.7 Å². The van der Waals surface area contributed by atoms with Crippen LogP contribution < -0.4 is 5.32 Å². The van der Waals surface area contributed by atoms with Crippen molar-refractivity contribution >= 4 is 17.2 Å². The van der Waals surface area contributed by atoms with E-state index in [4.69, 9.17) is 0 Å². The number of hydrogen-bond acceptors (Lipinski definition) is 5. The van der Waals surface area contributed by atoms with Crippen LogP contribution in [0.2, 0.25) is 0 Å². The molecular weight excluding hydrogens is 368 g/mol. The lowest BCUT2D eigenvalue weighted by molar-refractivity contribution is -0.133. The maximum Gasteiger partial charge on any atom is 0.228 e. The summed E-state index contributed by atoms with van der Waals surface area (Å²) in [5.41, 5.74) is 4.93. The molecule has 0 saturated carbocycles. The second-order valence-electron chi connectivity index (χ2n) is 8.28. The van der Waals surface area contributed by atoms with Crippen LogP contribution in [0, 0.1) is 5.41 Å². The Morgan fingerprint density at radius 3 is 2.89 bits per heavy atom. The van der Waals surface area contributed by atoms with Gasteiger partial charge < -0.3 is 5.32 Å². The first-order chi connectivity index (χ1) is 13.6. The summed E-state index contributed by atoms with van der Waals surface area (Å²) in [6, 6.07) is 4.68. The fourth-order valence-corrected chi connectivity index (χ4v) is 5.45. The van der Waals surface area contributed by atoms with Gasteiger partial charge in [0.2, 0.25) is 5.91 Å². The molecule has 2 saturated heterocycles. The highest BCUT2D eigenvalue weighted by molar-refractivity contribution is 7.07. The molecule has 2 aromatic rings. The van der Waals surface area contributed by atoms with Crippen molar-refractivity contribution in [3.63, 3.8) is 0 Å². The minimum Gasteiger partial charge on any atom is -0.351 e. The summed E-state index contributed by atoms with van der Waals surface area (Å²) in [5.74, 6) is 0.173. The summed E-state index contributed by atoms with van der Waals surface area (Å²) in [6.45, 7) is 5.77. The first-order valence-electron chi connectivity index (χ1n) is 10.0. The highest BCUT2D eigenvalue weighted by Gasteiger charge is 2.59. The minimum atomic E-state index is -0.389. The smallest absolute Gasteiger partial charge is 0.228 e. The number of aromatic nitrogens is 2. The molecule has 148 valence electrons. The Labute approximate surface area is 170 Å². The second kappa shape index (κ2) is 8.13. The number of rotatable bonds is 7. The Kier molecular flexibility index (Phi) is 5.60. The van der Waals surface area contributed by atoms with E-state index in [1.807, 2.05) is 17.6 Å².